The highest BCUT2D eigenvalue weighted by atomic mass is 16.3. The van der Waals surface area contributed by atoms with E-state index in [2.05, 4.69) is 16.3 Å². The first kappa shape index (κ1) is 18.0. The van der Waals surface area contributed by atoms with Crippen LogP contribution in [0.2, 0.25) is 0 Å². The molecule has 0 saturated carbocycles. The predicted molar refractivity (Wildman–Crippen MR) is 107 cm³/mol. The third-order valence-corrected chi connectivity index (χ3v) is 5.68. The molecule has 1 saturated heterocycles. The van der Waals surface area contributed by atoms with Gasteiger partial charge in [-0.25, -0.2) is 4.98 Å². The van der Waals surface area contributed by atoms with Crippen LogP contribution in [0.3, 0.4) is 0 Å². The Labute approximate surface area is 159 Å². The molecule has 2 aromatic rings. The molecule has 4 rings (SSSR count). The number of imidazole rings is 1. The number of nitrogens with zero attached hydrogens (tertiary/aromatic N) is 3. The van der Waals surface area contributed by atoms with Gasteiger partial charge < -0.3 is 19.9 Å². The van der Waals surface area contributed by atoms with E-state index in [-0.39, 0.29) is 12.0 Å². The fourth-order valence-electron chi connectivity index (χ4n) is 4.11. The SMILES string of the molecule is Cn1c(N2CCC(O)C2)nc2cc(C(=O)NCCC3=CCCCC3)ccc21. The minimum atomic E-state index is -0.287. The van der Waals surface area contributed by atoms with Crippen LogP contribution in [0.15, 0.2) is 29.8 Å². The molecule has 1 fully saturated rings. The second kappa shape index (κ2) is 7.72. The van der Waals surface area contributed by atoms with Gasteiger partial charge in [0.1, 0.15) is 0 Å². The van der Waals surface area contributed by atoms with Crippen molar-refractivity contribution < 1.29 is 9.90 Å². The number of aliphatic hydroxyl groups is 1. The van der Waals surface area contributed by atoms with Gasteiger partial charge in [-0.1, -0.05) is 11.6 Å². The summed E-state index contributed by atoms with van der Waals surface area (Å²) in [6.45, 7) is 2.10. The molecule has 0 bridgehead atoms. The largest absolute Gasteiger partial charge is 0.391 e. The highest BCUT2D eigenvalue weighted by Crippen LogP contribution is 2.25. The molecule has 1 aromatic carbocycles. The summed E-state index contributed by atoms with van der Waals surface area (Å²) >= 11 is 0. The highest BCUT2D eigenvalue weighted by Gasteiger charge is 2.24. The van der Waals surface area contributed by atoms with Crippen LogP contribution in [0, 0.1) is 0 Å². The van der Waals surface area contributed by atoms with Crippen LogP contribution in [0.25, 0.3) is 11.0 Å². The summed E-state index contributed by atoms with van der Waals surface area (Å²) in [5, 5.41) is 12.8. The maximum atomic E-state index is 12.5. The number of fused-ring (bicyclic) bond motifs is 1. The molecular weight excluding hydrogens is 340 g/mol. The molecule has 1 aliphatic heterocycles. The van der Waals surface area contributed by atoms with Crippen LogP contribution in [0.4, 0.5) is 5.95 Å². The number of nitrogens with one attached hydrogen (secondary N) is 1. The summed E-state index contributed by atoms with van der Waals surface area (Å²) in [6, 6.07) is 5.68. The van der Waals surface area contributed by atoms with Crippen LogP contribution in [0.5, 0.6) is 0 Å². The third kappa shape index (κ3) is 3.86. The lowest BCUT2D eigenvalue weighted by Crippen LogP contribution is -2.24. The van der Waals surface area contributed by atoms with Gasteiger partial charge in [0, 0.05) is 32.2 Å². The van der Waals surface area contributed by atoms with Crippen molar-refractivity contribution in [2.24, 2.45) is 7.05 Å². The van der Waals surface area contributed by atoms with Gasteiger partial charge in [0.15, 0.2) is 0 Å². The molecular formula is C21H28N4O2. The number of carbonyl (C=O) groups is 1. The number of amides is 1. The number of benzene rings is 1. The number of rotatable bonds is 5. The second-order valence-electron chi connectivity index (χ2n) is 7.68. The maximum absolute atomic E-state index is 12.5. The quantitative estimate of drug-likeness (QED) is 0.796. The molecule has 6 nitrogen and oxygen atoms in total. The topological polar surface area (TPSA) is 70.4 Å². The molecule has 1 amide bonds. The number of carbonyl (C=O) groups excluding carboxylic acids is 1. The lowest BCUT2D eigenvalue weighted by molar-refractivity contribution is 0.0954. The van der Waals surface area contributed by atoms with Crippen molar-refractivity contribution in [2.45, 2.75) is 44.6 Å². The molecule has 27 heavy (non-hydrogen) atoms. The summed E-state index contributed by atoms with van der Waals surface area (Å²) in [5.74, 6) is 0.806. The van der Waals surface area contributed by atoms with Crippen molar-refractivity contribution in [1.82, 2.24) is 14.9 Å². The Bertz CT molecular complexity index is 870. The van der Waals surface area contributed by atoms with Crippen LogP contribution >= 0.6 is 0 Å². The minimum Gasteiger partial charge on any atom is -0.391 e. The zero-order valence-corrected chi connectivity index (χ0v) is 15.9. The van der Waals surface area contributed by atoms with Gasteiger partial charge in [0.05, 0.1) is 17.1 Å². The molecule has 1 aromatic heterocycles. The van der Waals surface area contributed by atoms with Crippen molar-refractivity contribution >= 4 is 22.9 Å². The fraction of sp³-hybridized carbons (Fsp3) is 0.524. The van der Waals surface area contributed by atoms with E-state index in [1.807, 2.05) is 29.8 Å². The first-order valence-corrected chi connectivity index (χ1v) is 9.97. The zero-order valence-electron chi connectivity index (χ0n) is 15.9. The molecule has 0 spiro atoms. The van der Waals surface area contributed by atoms with Crippen molar-refractivity contribution in [3.63, 3.8) is 0 Å². The average molecular weight is 368 g/mol. The van der Waals surface area contributed by atoms with Crippen molar-refractivity contribution in [3.05, 3.63) is 35.4 Å². The first-order valence-electron chi connectivity index (χ1n) is 9.97. The number of hydrogen-bond donors (Lipinski definition) is 2. The van der Waals surface area contributed by atoms with Crippen molar-refractivity contribution in [2.75, 3.05) is 24.5 Å². The molecule has 2 N–H and O–H groups in total. The van der Waals surface area contributed by atoms with E-state index in [0.29, 0.717) is 18.7 Å². The van der Waals surface area contributed by atoms with Gasteiger partial charge in [-0.05, 0) is 56.7 Å². The number of aliphatic hydroxyl groups excluding tert-OH is 1. The average Bonchev–Trinajstić information content (AvgIpc) is 3.25. The smallest absolute Gasteiger partial charge is 0.251 e. The van der Waals surface area contributed by atoms with E-state index in [4.69, 9.17) is 4.98 Å². The van der Waals surface area contributed by atoms with Gasteiger partial charge >= 0.3 is 0 Å². The zero-order chi connectivity index (χ0) is 18.8. The summed E-state index contributed by atoms with van der Waals surface area (Å²) in [4.78, 5) is 19.3. The highest BCUT2D eigenvalue weighted by molar-refractivity contribution is 5.97. The Morgan fingerprint density at radius 3 is 3.00 bits per heavy atom. The number of aryl methyl sites for hydroxylation is 1. The summed E-state index contributed by atoms with van der Waals surface area (Å²) in [7, 11) is 1.98. The van der Waals surface area contributed by atoms with Crippen LogP contribution in [0.1, 0.15) is 48.9 Å². The standard InChI is InChI=1S/C21H28N4O2/c1-24-19-8-7-16(20(27)22-11-9-15-5-3-2-4-6-15)13-18(19)23-21(24)25-12-10-17(26)14-25/h5,7-8,13,17,26H,2-4,6,9-12,14H2,1H3,(H,22,27). The van der Waals surface area contributed by atoms with Crippen LogP contribution in [-0.4, -0.2) is 46.3 Å². The number of anilines is 1. The molecule has 2 aliphatic rings. The molecule has 1 aliphatic carbocycles. The minimum absolute atomic E-state index is 0.0443. The van der Waals surface area contributed by atoms with Gasteiger partial charge in [-0.3, -0.25) is 4.79 Å². The van der Waals surface area contributed by atoms with Gasteiger partial charge in [0.25, 0.3) is 5.91 Å². The maximum Gasteiger partial charge on any atom is 0.251 e. The van der Waals surface area contributed by atoms with Crippen LogP contribution in [-0.2, 0) is 7.05 Å². The van der Waals surface area contributed by atoms with Crippen LogP contribution < -0.4 is 10.2 Å². The van der Waals surface area contributed by atoms with Gasteiger partial charge in [-0.2, -0.15) is 0 Å². The number of aromatic nitrogens is 2. The second-order valence-corrected chi connectivity index (χ2v) is 7.68. The number of β-amino-alcohol motifs (C(OH)–C–C–N with tert-alkyl or cyclic N) is 1. The molecule has 1 unspecified atom stereocenters. The summed E-state index contributed by atoms with van der Waals surface area (Å²) in [5.41, 5.74) is 3.93. The first-order chi connectivity index (χ1) is 13.1. The molecule has 144 valence electrons. The van der Waals surface area contributed by atoms with E-state index in [1.54, 1.807) is 0 Å². The Kier molecular flexibility index (Phi) is 5.16. The number of allylic oxidation sites excluding steroid dienone is 1. The molecule has 6 heteroatoms. The molecule has 2 heterocycles. The summed E-state index contributed by atoms with van der Waals surface area (Å²) in [6.07, 6.45) is 8.66. The lowest BCUT2D eigenvalue weighted by Gasteiger charge is -2.16. The summed E-state index contributed by atoms with van der Waals surface area (Å²) < 4.78 is 2.03. The van der Waals surface area contributed by atoms with E-state index < -0.39 is 0 Å². The van der Waals surface area contributed by atoms with E-state index in [0.717, 1.165) is 36.4 Å². The van der Waals surface area contributed by atoms with E-state index in [9.17, 15) is 9.90 Å². The Hall–Kier alpha value is -2.34. The fourth-order valence-corrected chi connectivity index (χ4v) is 4.11. The normalized spacial score (nSPS) is 20.1. The van der Waals surface area contributed by atoms with E-state index in [1.165, 1.54) is 31.3 Å². The predicted octanol–water partition coefficient (Wildman–Crippen LogP) is 2.76. The Balaban J connectivity index is 1.44. The lowest BCUT2D eigenvalue weighted by atomic mass is 9.97. The van der Waals surface area contributed by atoms with Crippen molar-refractivity contribution in [1.29, 1.82) is 0 Å². The number of hydrogen-bond acceptors (Lipinski definition) is 4. The van der Waals surface area contributed by atoms with Crippen molar-refractivity contribution in [3.8, 4) is 0 Å². The molecule has 0 radical (unpaired) electrons. The van der Waals surface area contributed by atoms with Gasteiger partial charge in [0.2, 0.25) is 5.95 Å². The van der Waals surface area contributed by atoms with Gasteiger partial charge in [-0.15, -0.1) is 0 Å². The third-order valence-electron chi connectivity index (χ3n) is 5.68. The molecule has 1 atom stereocenters. The van der Waals surface area contributed by atoms with E-state index >= 15 is 0 Å². The Morgan fingerprint density at radius 1 is 1.37 bits per heavy atom. The Morgan fingerprint density at radius 2 is 2.26 bits per heavy atom. The monoisotopic (exact) mass is 368 g/mol.